The van der Waals surface area contributed by atoms with Crippen molar-refractivity contribution in [2.45, 2.75) is 32.4 Å². The third-order valence-electron chi connectivity index (χ3n) is 5.35. The zero-order valence-corrected chi connectivity index (χ0v) is 17.7. The standard InChI is InChI=1S/C23H27ClN2O3/c1-17-15-25(10-11-26(17)22(27)12-18-6-4-3-5-7-18)16-20-13-21(24)9-8-19(20)14-23(28)29-2/h3-9,13,17H,10-12,14-16H2,1-2H3/t17-/m0/s1. The number of carbonyl (C=O) groups excluding carboxylic acids is 2. The Morgan fingerprint density at radius 3 is 2.52 bits per heavy atom. The van der Waals surface area contributed by atoms with E-state index in [1.807, 2.05) is 47.4 Å². The fourth-order valence-corrected chi connectivity index (χ4v) is 4.00. The molecule has 1 aliphatic rings. The van der Waals surface area contributed by atoms with Crippen LogP contribution in [-0.2, 0) is 33.7 Å². The molecule has 29 heavy (non-hydrogen) atoms. The number of methoxy groups -OCH3 is 1. The van der Waals surface area contributed by atoms with Crippen molar-refractivity contribution < 1.29 is 14.3 Å². The van der Waals surface area contributed by atoms with Crippen LogP contribution < -0.4 is 0 Å². The van der Waals surface area contributed by atoms with E-state index in [1.54, 1.807) is 6.07 Å². The summed E-state index contributed by atoms with van der Waals surface area (Å²) in [5, 5.41) is 0.651. The Morgan fingerprint density at radius 1 is 1.07 bits per heavy atom. The predicted octanol–water partition coefficient (Wildman–Crippen LogP) is 3.33. The summed E-state index contributed by atoms with van der Waals surface area (Å²) < 4.78 is 4.81. The predicted molar refractivity (Wildman–Crippen MR) is 114 cm³/mol. The largest absolute Gasteiger partial charge is 0.469 e. The van der Waals surface area contributed by atoms with Crippen molar-refractivity contribution in [2.75, 3.05) is 26.7 Å². The zero-order chi connectivity index (χ0) is 20.8. The maximum atomic E-state index is 12.7. The molecule has 1 aliphatic heterocycles. The van der Waals surface area contributed by atoms with Crippen molar-refractivity contribution in [1.82, 2.24) is 9.80 Å². The highest BCUT2D eigenvalue weighted by atomic mass is 35.5. The molecule has 0 aliphatic carbocycles. The molecule has 1 amide bonds. The zero-order valence-electron chi connectivity index (χ0n) is 16.9. The summed E-state index contributed by atoms with van der Waals surface area (Å²) in [5.41, 5.74) is 2.99. The van der Waals surface area contributed by atoms with Crippen LogP contribution in [0.4, 0.5) is 0 Å². The molecule has 0 N–H and O–H groups in total. The highest BCUT2D eigenvalue weighted by molar-refractivity contribution is 6.30. The number of ether oxygens (including phenoxy) is 1. The normalized spacial score (nSPS) is 17.2. The van der Waals surface area contributed by atoms with Gasteiger partial charge in [-0.3, -0.25) is 14.5 Å². The van der Waals surface area contributed by atoms with Crippen LogP contribution in [0.2, 0.25) is 5.02 Å². The van der Waals surface area contributed by atoms with E-state index in [2.05, 4.69) is 11.8 Å². The lowest BCUT2D eigenvalue weighted by Gasteiger charge is -2.40. The van der Waals surface area contributed by atoms with E-state index in [0.29, 0.717) is 24.5 Å². The molecule has 0 unspecified atom stereocenters. The minimum absolute atomic E-state index is 0.128. The number of benzene rings is 2. The first-order valence-electron chi connectivity index (χ1n) is 9.86. The molecule has 1 saturated heterocycles. The van der Waals surface area contributed by atoms with Crippen LogP contribution in [0, 0.1) is 0 Å². The third-order valence-corrected chi connectivity index (χ3v) is 5.59. The number of carbonyl (C=O) groups is 2. The Hall–Kier alpha value is -2.37. The number of hydrogen-bond acceptors (Lipinski definition) is 4. The number of halogens is 1. The molecule has 1 atom stereocenters. The minimum Gasteiger partial charge on any atom is -0.469 e. The monoisotopic (exact) mass is 414 g/mol. The SMILES string of the molecule is COC(=O)Cc1ccc(Cl)cc1CN1CCN(C(=O)Cc2ccccc2)[C@@H](C)C1. The third kappa shape index (κ3) is 5.81. The fraction of sp³-hybridized carbons (Fsp3) is 0.391. The molecule has 0 spiro atoms. The average Bonchev–Trinajstić information content (AvgIpc) is 2.70. The van der Waals surface area contributed by atoms with Crippen LogP contribution in [-0.4, -0.2) is 54.5 Å². The van der Waals surface area contributed by atoms with Gasteiger partial charge in [0.05, 0.1) is 20.0 Å². The molecule has 1 heterocycles. The Bertz CT molecular complexity index is 856. The molecule has 6 heteroatoms. The number of esters is 1. The van der Waals surface area contributed by atoms with Gasteiger partial charge in [-0.1, -0.05) is 48.0 Å². The Labute approximate surface area is 177 Å². The van der Waals surface area contributed by atoms with Crippen molar-refractivity contribution in [1.29, 1.82) is 0 Å². The van der Waals surface area contributed by atoms with E-state index in [9.17, 15) is 9.59 Å². The van der Waals surface area contributed by atoms with Crippen LogP contribution in [0.1, 0.15) is 23.6 Å². The van der Waals surface area contributed by atoms with Crippen molar-refractivity contribution in [3.05, 3.63) is 70.2 Å². The van der Waals surface area contributed by atoms with Gasteiger partial charge < -0.3 is 9.64 Å². The van der Waals surface area contributed by atoms with Gasteiger partial charge in [0, 0.05) is 37.2 Å². The first kappa shape index (κ1) is 21.3. The smallest absolute Gasteiger partial charge is 0.309 e. The number of amides is 1. The summed E-state index contributed by atoms with van der Waals surface area (Å²) in [6.45, 7) is 5.04. The molecular formula is C23H27ClN2O3. The molecule has 0 aromatic heterocycles. The summed E-state index contributed by atoms with van der Waals surface area (Å²) in [4.78, 5) is 28.7. The van der Waals surface area contributed by atoms with Crippen molar-refractivity contribution in [3.8, 4) is 0 Å². The lowest BCUT2D eigenvalue weighted by Crippen LogP contribution is -2.54. The summed E-state index contributed by atoms with van der Waals surface area (Å²) in [6, 6.07) is 15.6. The van der Waals surface area contributed by atoms with Gasteiger partial charge in [0.15, 0.2) is 0 Å². The van der Waals surface area contributed by atoms with Gasteiger partial charge in [0.1, 0.15) is 0 Å². The summed E-state index contributed by atoms with van der Waals surface area (Å²) in [7, 11) is 1.39. The van der Waals surface area contributed by atoms with Crippen LogP contribution >= 0.6 is 11.6 Å². The maximum Gasteiger partial charge on any atom is 0.309 e. The Kier molecular flexibility index (Phi) is 7.29. The first-order chi connectivity index (χ1) is 14.0. The fourth-order valence-electron chi connectivity index (χ4n) is 3.80. The van der Waals surface area contributed by atoms with Gasteiger partial charge in [-0.2, -0.15) is 0 Å². The topological polar surface area (TPSA) is 49.9 Å². The van der Waals surface area contributed by atoms with Crippen LogP contribution in [0.3, 0.4) is 0 Å². The first-order valence-corrected chi connectivity index (χ1v) is 10.2. The summed E-state index contributed by atoms with van der Waals surface area (Å²) >= 11 is 6.19. The van der Waals surface area contributed by atoms with Gasteiger partial charge in [0.25, 0.3) is 0 Å². The molecule has 154 valence electrons. The van der Waals surface area contributed by atoms with E-state index >= 15 is 0 Å². The summed E-state index contributed by atoms with van der Waals surface area (Å²) in [6.07, 6.45) is 0.664. The van der Waals surface area contributed by atoms with Gasteiger partial charge in [-0.25, -0.2) is 0 Å². The second-order valence-corrected chi connectivity index (χ2v) is 7.94. The summed E-state index contributed by atoms with van der Waals surface area (Å²) in [5.74, 6) is -0.101. The van der Waals surface area contributed by atoms with Gasteiger partial charge in [0.2, 0.25) is 5.91 Å². The molecule has 2 aromatic carbocycles. The van der Waals surface area contributed by atoms with Gasteiger partial charge >= 0.3 is 5.97 Å². The van der Waals surface area contributed by atoms with Gasteiger partial charge in [-0.05, 0) is 35.7 Å². The van der Waals surface area contributed by atoms with E-state index in [4.69, 9.17) is 16.3 Å². The van der Waals surface area contributed by atoms with Crippen molar-refractivity contribution in [2.24, 2.45) is 0 Å². The Morgan fingerprint density at radius 2 is 1.83 bits per heavy atom. The van der Waals surface area contributed by atoms with Crippen molar-refractivity contribution >= 4 is 23.5 Å². The second-order valence-electron chi connectivity index (χ2n) is 7.50. The van der Waals surface area contributed by atoms with Crippen LogP contribution in [0.5, 0.6) is 0 Å². The highest BCUT2D eigenvalue weighted by Crippen LogP contribution is 2.21. The molecule has 0 radical (unpaired) electrons. The van der Waals surface area contributed by atoms with E-state index in [-0.39, 0.29) is 24.3 Å². The maximum absolute atomic E-state index is 12.7. The molecule has 0 bridgehead atoms. The number of piperazine rings is 1. The molecule has 1 fully saturated rings. The van der Waals surface area contributed by atoms with Crippen molar-refractivity contribution in [3.63, 3.8) is 0 Å². The van der Waals surface area contributed by atoms with Crippen LogP contribution in [0.25, 0.3) is 0 Å². The molecule has 0 saturated carbocycles. The quantitative estimate of drug-likeness (QED) is 0.680. The van der Waals surface area contributed by atoms with E-state index in [1.165, 1.54) is 7.11 Å². The number of rotatable bonds is 6. The molecule has 3 rings (SSSR count). The van der Waals surface area contributed by atoms with E-state index < -0.39 is 0 Å². The van der Waals surface area contributed by atoms with Gasteiger partial charge in [-0.15, -0.1) is 0 Å². The second kappa shape index (κ2) is 9.90. The number of nitrogens with zero attached hydrogens (tertiary/aromatic N) is 2. The lowest BCUT2D eigenvalue weighted by atomic mass is 10.0. The molecular weight excluding hydrogens is 388 g/mol. The molecule has 2 aromatic rings. The van der Waals surface area contributed by atoms with Crippen LogP contribution in [0.15, 0.2) is 48.5 Å². The number of hydrogen-bond donors (Lipinski definition) is 0. The minimum atomic E-state index is -0.265. The highest BCUT2D eigenvalue weighted by Gasteiger charge is 2.27. The average molecular weight is 415 g/mol. The molecule has 5 nitrogen and oxygen atoms in total. The lowest BCUT2D eigenvalue weighted by molar-refractivity contribution is -0.140. The Balaban J connectivity index is 1.62. The van der Waals surface area contributed by atoms with E-state index in [0.717, 1.165) is 29.8 Å².